The van der Waals surface area contributed by atoms with E-state index in [0.717, 1.165) is 4.90 Å². The van der Waals surface area contributed by atoms with Crippen LogP contribution in [0.5, 0.6) is 0 Å². The summed E-state index contributed by atoms with van der Waals surface area (Å²) in [6.07, 6.45) is -0.154. The lowest BCUT2D eigenvalue weighted by atomic mass is 10.2. The number of halogens is 1. The minimum absolute atomic E-state index is 0.154. The van der Waals surface area contributed by atoms with Crippen LogP contribution in [0.3, 0.4) is 0 Å². The smallest absolute Gasteiger partial charge is 0.248 e. The lowest BCUT2D eigenvalue weighted by Gasteiger charge is -2.19. The number of benzene rings is 1. The lowest BCUT2D eigenvalue weighted by Crippen LogP contribution is -2.44. The second-order valence-electron chi connectivity index (χ2n) is 5.42. The van der Waals surface area contributed by atoms with Crippen LogP contribution in [0.25, 0.3) is 0 Å². The van der Waals surface area contributed by atoms with E-state index in [1.807, 2.05) is 0 Å². The van der Waals surface area contributed by atoms with Crippen LogP contribution >= 0.6 is 11.6 Å². The number of carbonyl (C=O) groups is 2. The van der Waals surface area contributed by atoms with Crippen molar-refractivity contribution in [3.05, 3.63) is 34.9 Å². The Kier molecular flexibility index (Phi) is 4.89. The van der Waals surface area contributed by atoms with E-state index in [1.165, 1.54) is 0 Å². The SMILES string of the molecule is CC(C)N1C(=O)CC(NS(=O)(=O)Cc2ccccc2Cl)C1=O. The molecule has 120 valence electrons. The average Bonchev–Trinajstić information content (AvgIpc) is 2.66. The van der Waals surface area contributed by atoms with Crippen LogP contribution in [0.1, 0.15) is 25.8 Å². The summed E-state index contributed by atoms with van der Waals surface area (Å²) in [7, 11) is -3.78. The highest BCUT2D eigenvalue weighted by atomic mass is 35.5. The quantitative estimate of drug-likeness (QED) is 0.816. The first kappa shape index (κ1) is 16.9. The average molecular weight is 345 g/mol. The summed E-state index contributed by atoms with van der Waals surface area (Å²) in [4.78, 5) is 25.0. The van der Waals surface area contributed by atoms with Crippen LogP contribution in [0.2, 0.25) is 5.02 Å². The van der Waals surface area contributed by atoms with E-state index < -0.39 is 22.0 Å². The van der Waals surface area contributed by atoms with Crippen LogP contribution < -0.4 is 4.72 Å². The maximum absolute atomic E-state index is 12.2. The van der Waals surface area contributed by atoms with Gasteiger partial charge in [-0.2, -0.15) is 0 Å². The summed E-state index contributed by atoms with van der Waals surface area (Å²) in [6, 6.07) is 5.24. The predicted octanol–water partition coefficient (Wildman–Crippen LogP) is 1.30. The van der Waals surface area contributed by atoms with E-state index in [0.29, 0.717) is 10.6 Å². The first-order valence-electron chi connectivity index (χ1n) is 6.80. The Morgan fingerprint density at radius 2 is 1.95 bits per heavy atom. The monoisotopic (exact) mass is 344 g/mol. The number of hydrogen-bond acceptors (Lipinski definition) is 4. The summed E-state index contributed by atoms with van der Waals surface area (Å²) >= 11 is 5.94. The van der Waals surface area contributed by atoms with Gasteiger partial charge in [-0.05, 0) is 25.5 Å². The Bertz CT molecular complexity index is 703. The van der Waals surface area contributed by atoms with E-state index in [-0.39, 0.29) is 24.1 Å². The summed E-state index contributed by atoms with van der Waals surface area (Å²) in [5.74, 6) is -1.22. The summed E-state index contributed by atoms with van der Waals surface area (Å²) in [6.45, 7) is 3.41. The highest BCUT2D eigenvalue weighted by molar-refractivity contribution is 7.88. The molecule has 0 saturated carbocycles. The molecule has 1 N–H and O–H groups in total. The summed E-state index contributed by atoms with van der Waals surface area (Å²) in [5, 5.41) is 0.338. The standard InChI is InChI=1S/C14H17ClN2O4S/c1-9(2)17-13(18)7-12(14(17)19)16-22(20,21)8-10-5-3-4-6-11(10)15/h3-6,9,12,16H,7-8H2,1-2H3. The molecule has 1 unspecified atom stereocenters. The zero-order chi connectivity index (χ0) is 16.5. The van der Waals surface area contributed by atoms with E-state index in [1.54, 1.807) is 38.1 Å². The molecule has 1 saturated heterocycles. The molecule has 1 fully saturated rings. The number of rotatable bonds is 5. The largest absolute Gasteiger partial charge is 0.279 e. The second kappa shape index (κ2) is 6.36. The van der Waals surface area contributed by atoms with Crippen molar-refractivity contribution in [2.75, 3.05) is 0 Å². The van der Waals surface area contributed by atoms with Crippen LogP contribution in [0.4, 0.5) is 0 Å². The Morgan fingerprint density at radius 3 is 2.50 bits per heavy atom. The molecular weight excluding hydrogens is 328 g/mol. The number of imide groups is 1. The maximum Gasteiger partial charge on any atom is 0.248 e. The van der Waals surface area contributed by atoms with Crippen molar-refractivity contribution in [1.29, 1.82) is 0 Å². The molecule has 1 aromatic rings. The van der Waals surface area contributed by atoms with Crippen molar-refractivity contribution >= 4 is 33.4 Å². The van der Waals surface area contributed by atoms with Gasteiger partial charge in [-0.1, -0.05) is 29.8 Å². The van der Waals surface area contributed by atoms with Crippen molar-refractivity contribution in [3.63, 3.8) is 0 Å². The van der Waals surface area contributed by atoms with Gasteiger partial charge in [0.25, 0.3) is 0 Å². The van der Waals surface area contributed by atoms with Gasteiger partial charge in [-0.25, -0.2) is 13.1 Å². The van der Waals surface area contributed by atoms with Gasteiger partial charge in [0.1, 0.15) is 6.04 Å². The molecule has 8 heteroatoms. The van der Waals surface area contributed by atoms with E-state index in [4.69, 9.17) is 11.6 Å². The topological polar surface area (TPSA) is 83.6 Å². The van der Waals surface area contributed by atoms with Crippen molar-refractivity contribution in [2.24, 2.45) is 0 Å². The molecule has 0 spiro atoms. The molecule has 1 heterocycles. The Morgan fingerprint density at radius 1 is 1.32 bits per heavy atom. The minimum atomic E-state index is -3.78. The maximum atomic E-state index is 12.2. The number of amides is 2. The van der Waals surface area contributed by atoms with Crippen LogP contribution in [-0.4, -0.2) is 37.2 Å². The van der Waals surface area contributed by atoms with Gasteiger partial charge >= 0.3 is 0 Å². The Hall–Kier alpha value is -1.44. The number of nitrogens with one attached hydrogen (secondary N) is 1. The molecule has 0 radical (unpaired) electrons. The van der Waals surface area contributed by atoms with Crippen LogP contribution in [-0.2, 0) is 25.4 Å². The summed E-state index contributed by atoms with van der Waals surface area (Å²) < 4.78 is 26.7. The number of carbonyl (C=O) groups excluding carboxylic acids is 2. The van der Waals surface area contributed by atoms with Gasteiger partial charge in [0, 0.05) is 11.1 Å². The molecule has 0 aliphatic carbocycles. The third-order valence-corrected chi connectivity index (χ3v) is 5.03. The lowest BCUT2D eigenvalue weighted by molar-refractivity contribution is -0.140. The van der Waals surface area contributed by atoms with Gasteiger partial charge < -0.3 is 0 Å². The van der Waals surface area contributed by atoms with Crippen molar-refractivity contribution in [2.45, 2.75) is 38.1 Å². The fourth-order valence-electron chi connectivity index (χ4n) is 2.36. The third-order valence-electron chi connectivity index (χ3n) is 3.32. The highest BCUT2D eigenvalue weighted by Gasteiger charge is 2.41. The molecule has 1 aliphatic rings. The molecule has 1 atom stereocenters. The van der Waals surface area contributed by atoms with Crippen LogP contribution in [0.15, 0.2) is 24.3 Å². The molecule has 2 amide bonds. The van der Waals surface area contributed by atoms with Crippen molar-refractivity contribution in [1.82, 2.24) is 9.62 Å². The molecular formula is C14H17ClN2O4S. The molecule has 2 rings (SSSR count). The molecule has 0 bridgehead atoms. The van der Waals surface area contributed by atoms with Gasteiger partial charge in [-0.15, -0.1) is 0 Å². The highest BCUT2D eigenvalue weighted by Crippen LogP contribution is 2.20. The van der Waals surface area contributed by atoms with E-state index in [9.17, 15) is 18.0 Å². The molecule has 1 aromatic carbocycles. The van der Waals surface area contributed by atoms with Gasteiger partial charge in [-0.3, -0.25) is 14.5 Å². The number of likely N-dealkylation sites (tertiary alicyclic amines) is 1. The Labute approximate surface area is 134 Å². The van der Waals surface area contributed by atoms with E-state index in [2.05, 4.69) is 4.72 Å². The first-order valence-corrected chi connectivity index (χ1v) is 8.83. The van der Waals surface area contributed by atoms with Crippen LogP contribution in [0, 0.1) is 0 Å². The predicted molar refractivity (Wildman–Crippen MR) is 82.6 cm³/mol. The molecule has 6 nitrogen and oxygen atoms in total. The molecule has 22 heavy (non-hydrogen) atoms. The van der Waals surface area contributed by atoms with Gasteiger partial charge in [0.15, 0.2) is 0 Å². The normalized spacial score (nSPS) is 19.3. The molecule has 1 aliphatic heterocycles. The third kappa shape index (κ3) is 3.66. The first-order chi connectivity index (χ1) is 10.2. The van der Waals surface area contributed by atoms with Crippen molar-refractivity contribution < 1.29 is 18.0 Å². The number of sulfonamides is 1. The second-order valence-corrected chi connectivity index (χ2v) is 7.58. The summed E-state index contributed by atoms with van der Waals surface area (Å²) in [5.41, 5.74) is 0.439. The Balaban J connectivity index is 2.12. The fraction of sp³-hybridized carbons (Fsp3) is 0.429. The fourth-order valence-corrected chi connectivity index (χ4v) is 4.01. The van der Waals surface area contributed by atoms with Gasteiger partial charge in [0.2, 0.25) is 21.8 Å². The minimum Gasteiger partial charge on any atom is -0.279 e. The van der Waals surface area contributed by atoms with E-state index >= 15 is 0 Å². The van der Waals surface area contributed by atoms with Crippen molar-refractivity contribution in [3.8, 4) is 0 Å². The zero-order valence-corrected chi connectivity index (χ0v) is 13.8. The molecule has 0 aromatic heterocycles. The number of nitrogens with zero attached hydrogens (tertiary/aromatic N) is 1. The van der Waals surface area contributed by atoms with Gasteiger partial charge in [0.05, 0.1) is 12.2 Å². The zero-order valence-electron chi connectivity index (χ0n) is 12.2. The number of hydrogen-bond donors (Lipinski definition) is 1.